The molecule has 1 aromatic heterocycles. The van der Waals surface area contributed by atoms with Crippen LogP contribution in [0.4, 0.5) is 0 Å². The van der Waals surface area contributed by atoms with E-state index in [1.807, 2.05) is 30.3 Å². The van der Waals surface area contributed by atoms with Gasteiger partial charge in [-0.1, -0.05) is 42.5 Å². The van der Waals surface area contributed by atoms with Crippen LogP contribution in [0.1, 0.15) is 22.0 Å². The number of Topliss-reactive ketones (excluding diaryl/α,β-unsaturated/α-hetero) is 1. The van der Waals surface area contributed by atoms with Gasteiger partial charge in [0.15, 0.2) is 15.6 Å². The molecule has 0 radical (unpaired) electrons. The second-order valence-corrected chi connectivity index (χ2v) is 7.89. The lowest BCUT2D eigenvalue weighted by Gasteiger charge is -2.18. The number of hydrogen-bond acceptors (Lipinski definition) is 4. The van der Waals surface area contributed by atoms with E-state index < -0.39 is 15.9 Å². The summed E-state index contributed by atoms with van der Waals surface area (Å²) >= 11 is 0. The monoisotopic (exact) mass is 354 g/mol. The maximum absolute atomic E-state index is 13.0. The molecule has 0 aliphatic rings. The Morgan fingerprint density at radius 2 is 1.76 bits per heavy atom. The number of imidazole rings is 1. The summed E-state index contributed by atoms with van der Waals surface area (Å²) < 4.78 is 24.9. The highest BCUT2D eigenvalue weighted by molar-refractivity contribution is 7.90. The van der Waals surface area contributed by atoms with Crippen molar-refractivity contribution in [3.05, 3.63) is 84.4 Å². The standard InChI is InChI=1S/C19H18N2O3S/c1-25(23,24)17-9-7-16(8-10-17)19(22)18(21-12-11-20-14-21)13-15-5-3-2-4-6-15/h2-12,14,18H,13H2,1H3. The van der Waals surface area contributed by atoms with Gasteiger partial charge in [0.2, 0.25) is 0 Å². The first kappa shape index (κ1) is 17.1. The van der Waals surface area contributed by atoms with Gasteiger partial charge in [0.1, 0.15) is 6.04 Å². The molecule has 0 bridgehead atoms. The van der Waals surface area contributed by atoms with Crippen LogP contribution in [0.15, 0.2) is 78.2 Å². The van der Waals surface area contributed by atoms with Gasteiger partial charge in [-0.25, -0.2) is 13.4 Å². The number of benzene rings is 2. The highest BCUT2D eigenvalue weighted by Crippen LogP contribution is 2.21. The second-order valence-electron chi connectivity index (χ2n) is 5.88. The Balaban J connectivity index is 1.92. The SMILES string of the molecule is CS(=O)(=O)c1ccc(C(=O)C(Cc2ccccc2)n2ccnc2)cc1. The summed E-state index contributed by atoms with van der Waals surface area (Å²) in [5, 5.41) is 0. The topological polar surface area (TPSA) is 69.0 Å². The molecule has 5 nitrogen and oxygen atoms in total. The molecule has 0 saturated carbocycles. The van der Waals surface area contributed by atoms with Gasteiger partial charge in [-0.3, -0.25) is 4.79 Å². The zero-order chi connectivity index (χ0) is 17.9. The summed E-state index contributed by atoms with van der Waals surface area (Å²) in [7, 11) is -3.28. The summed E-state index contributed by atoms with van der Waals surface area (Å²) in [5.41, 5.74) is 1.52. The van der Waals surface area contributed by atoms with E-state index in [1.54, 1.807) is 35.4 Å². The van der Waals surface area contributed by atoms with Crippen molar-refractivity contribution in [1.82, 2.24) is 9.55 Å². The van der Waals surface area contributed by atoms with Crippen molar-refractivity contribution in [3.63, 3.8) is 0 Å². The lowest BCUT2D eigenvalue weighted by molar-refractivity contribution is 0.0924. The Morgan fingerprint density at radius 1 is 1.08 bits per heavy atom. The summed E-state index contributed by atoms with van der Waals surface area (Å²) in [4.78, 5) is 17.2. The summed E-state index contributed by atoms with van der Waals surface area (Å²) in [6, 6.07) is 15.4. The van der Waals surface area contributed by atoms with E-state index in [2.05, 4.69) is 4.98 Å². The van der Waals surface area contributed by atoms with E-state index in [1.165, 1.54) is 12.1 Å². The molecule has 0 saturated heterocycles. The Kier molecular flexibility index (Phi) is 4.81. The molecule has 0 aliphatic carbocycles. The fourth-order valence-electron chi connectivity index (χ4n) is 2.68. The van der Waals surface area contributed by atoms with E-state index in [0.717, 1.165) is 11.8 Å². The Morgan fingerprint density at radius 3 is 2.32 bits per heavy atom. The molecule has 128 valence electrons. The van der Waals surface area contributed by atoms with Crippen molar-refractivity contribution in [2.45, 2.75) is 17.4 Å². The average molecular weight is 354 g/mol. The van der Waals surface area contributed by atoms with Crippen LogP contribution in [0.3, 0.4) is 0 Å². The van der Waals surface area contributed by atoms with Crippen LogP contribution >= 0.6 is 0 Å². The van der Waals surface area contributed by atoms with Gasteiger partial charge in [-0.05, 0) is 17.7 Å². The summed E-state index contributed by atoms with van der Waals surface area (Å²) in [6.07, 6.45) is 6.70. The van der Waals surface area contributed by atoms with Crippen LogP contribution in [-0.4, -0.2) is 30.0 Å². The number of carbonyl (C=O) groups is 1. The van der Waals surface area contributed by atoms with Crippen LogP contribution in [-0.2, 0) is 16.3 Å². The van der Waals surface area contributed by atoms with Gasteiger partial charge in [-0.2, -0.15) is 0 Å². The van der Waals surface area contributed by atoms with Crippen molar-refractivity contribution >= 4 is 15.6 Å². The van der Waals surface area contributed by atoms with Crippen molar-refractivity contribution in [2.75, 3.05) is 6.26 Å². The number of hydrogen-bond donors (Lipinski definition) is 0. The third kappa shape index (κ3) is 4.03. The third-order valence-corrected chi connectivity index (χ3v) is 5.15. The molecule has 25 heavy (non-hydrogen) atoms. The van der Waals surface area contributed by atoms with Crippen molar-refractivity contribution in [3.8, 4) is 0 Å². The molecule has 1 heterocycles. The first-order valence-corrected chi connectivity index (χ1v) is 9.70. The molecule has 0 N–H and O–H groups in total. The highest BCUT2D eigenvalue weighted by atomic mass is 32.2. The molecule has 0 spiro atoms. The van der Waals surface area contributed by atoms with Crippen LogP contribution in [0.25, 0.3) is 0 Å². The Bertz CT molecular complexity index is 948. The lowest BCUT2D eigenvalue weighted by atomic mass is 9.97. The predicted octanol–water partition coefficient (Wildman–Crippen LogP) is 2.95. The van der Waals surface area contributed by atoms with E-state index in [-0.39, 0.29) is 10.7 Å². The van der Waals surface area contributed by atoms with Crippen LogP contribution < -0.4 is 0 Å². The molecule has 0 amide bonds. The number of sulfone groups is 1. The fourth-order valence-corrected chi connectivity index (χ4v) is 3.31. The minimum Gasteiger partial charge on any atom is -0.326 e. The largest absolute Gasteiger partial charge is 0.326 e. The van der Waals surface area contributed by atoms with Gasteiger partial charge in [-0.15, -0.1) is 0 Å². The molecule has 3 aromatic rings. The quantitative estimate of drug-likeness (QED) is 0.638. The fraction of sp³-hybridized carbons (Fsp3) is 0.158. The van der Waals surface area contributed by atoms with Gasteiger partial charge >= 0.3 is 0 Å². The average Bonchev–Trinajstić information content (AvgIpc) is 3.14. The number of aromatic nitrogens is 2. The molecular weight excluding hydrogens is 336 g/mol. The summed E-state index contributed by atoms with van der Waals surface area (Å²) in [5.74, 6) is -0.0816. The Labute approximate surface area is 146 Å². The zero-order valence-corrected chi connectivity index (χ0v) is 14.6. The number of rotatable bonds is 6. The molecular formula is C19H18N2O3S. The third-order valence-electron chi connectivity index (χ3n) is 4.03. The van der Waals surface area contributed by atoms with E-state index in [9.17, 15) is 13.2 Å². The minimum absolute atomic E-state index is 0.0816. The predicted molar refractivity (Wildman–Crippen MR) is 95.3 cm³/mol. The maximum atomic E-state index is 13.0. The van der Waals surface area contributed by atoms with Gasteiger partial charge < -0.3 is 4.57 Å². The van der Waals surface area contributed by atoms with Gasteiger partial charge in [0, 0.05) is 30.6 Å². The molecule has 2 aromatic carbocycles. The van der Waals surface area contributed by atoms with Crippen LogP contribution in [0, 0.1) is 0 Å². The normalized spacial score (nSPS) is 12.7. The van der Waals surface area contributed by atoms with E-state index in [4.69, 9.17) is 0 Å². The molecule has 1 atom stereocenters. The van der Waals surface area contributed by atoms with Crippen molar-refractivity contribution in [1.29, 1.82) is 0 Å². The van der Waals surface area contributed by atoms with Crippen molar-refractivity contribution in [2.24, 2.45) is 0 Å². The van der Waals surface area contributed by atoms with Crippen LogP contribution in [0.2, 0.25) is 0 Å². The molecule has 0 aliphatic heterocycles. The first-order chi connectivity index (χ1) is 11.9. The first-order valence-electron chi connectivity index (χ1n) is 7.81. The summed E-state index contributed by atoms with van der Waals surface area (Å²) in [6.45, 7) is 0. The van der Waals surface area contributed by atoms with E-state index in [0.29, 0.717) is 12.0 Å². The molecule has 3 rings (SSSR count). The number of ketones is 1. The van der Waals surface area contributed by atoms with Gasteiger partial charge in [0.25, 0.3) is 0 Å². The van der Waals surface area contributed by atoms with E-state index >= 15 is 0 Å². The number of nitrogens with zero attached hydrogens (tertiary/aromatic N) is 2. The lowest BCUT2D eigenvalue weighted by Crippen LogP contribution is -2.21. The highest BCUT2D eigenvalue weighted by Gasteiger charge is 2.22. The minimum atomic E-state index is -3.28. The zero-order valence-electron chi connectivity index (χ0n) is 13.7. The van der Waals surface area contributed by atoms with Gasteiger partial charge in [0.05, 0.1) is 11.2 Å². The molecule has 1 unspecified atom stereocenters. The second kappa shape index (κ2) is 7.03. The van der Waals surface area contributed by atoms with Crippen LogP contribution in [0.5, 0.6) is 0 Å². The molecule has 0 fully saturated rings. The maximum Gasteiger partial charge on any atom is 0.185 e. The number of carbonyl (C=O) groups excluding carboxylic acids is 1. The molecule has 6 heteroatoms. The Hall–Kier alpha value is -2.73. The van der Waals surface area contributed by atoms with Crippen molar-refractivity contribution < 1.29 is 13.2 Å². The smallest absolute Gasteiger partial charge is 0.185 e.